The first-order valence-corrected chi connectivity index (χ1v) is 14.6. The Morgan fingerprint density at radius 3 is 2.50 bits per heavy atom. The van der Waals surface area contributed by atoms with Crippen LogP contribution in [0.3, 0.4) is 0 Å². The SMILES string of the molecule is CC(N)c1cccc(OCCCCCCOCCOCCNc2ccc3c(c2)CN(C2CCC(=O)NC2=O)C3=O)c1.Cl. The second kappa shape index (κ2) is 17.1. The van der Waals surface area contributed by atoms with Crippen molar-refractivity contribution in [3.05, 3.63) is 59.2 Å². The molecule has 0 saturated carbocycles. The molecule has 4 N–H and O–H groups in total. The summed E-state index contributed by atoms with van der Waals surface area (Å²) in [5, 5.41) is 5.64. The Kier molecular flexibility index (Phi) is 13.5. The molecule has 1 saturated heterocycles. The average Bonchev–Trinajstić information content (AvgIpc) is 3.28. The number of rotatable bonds is 17. The second-order valence-electron chi connectivity index (χ2n) is 10.5. The van der Waals surface area contributed by atoms with E-state index in [4.69, 9.17) is 19.9 Å². The lowest BCUT2D eigenvalue weighted by atomic mass is 10.0. The topological polar surface area (TPSA) is 132 Å². The first-order valence-electron chi connectivity index (χ1n) is 14.6. The molecule has 0 spiro atoms. The van der Waals surface area contributed by atoms with Crippen LogP contribution < -0.4 is 21.1 Å². The van der Waals surface area contributed by atoms with Crippen molar-refractivity contribution >= 4 is 35.8 Å². The molecule has 2 aromatic rings. The van der Waals surface area contributed by atoms with Gasteiger partial charge < -0.3 is 30.2 Å². The molecular formula is C31H43ClN4O6. The minimum absolute atomic E-state index is 0. The van der Waals surface area contributed by atoms with Gasteiger partial charge in [-0.1, -0.05) is 18.6 Å². The second-order valence-corrected chi connectivity index (χ2v) is 10.5. The number of nitrogens with one attached hydrogen (secondary N) is 2. The molecule has 2 aromatic carbocycles. The molecule has 3 amide bonds. The number of fused-ring (bicyclic) bond motifs is 1. The van der Waals surface area contributed by atoms with Crippen molar-refractivity contribution in [1.82, 2.24) is 10.2 Å². The first kappa shape index (κ1) is 33.3. The molecule has 0 bridgehead atoms. The van der Waals surface area contributed by atoms with E-state index in [2.05, 4.69) is 10.6 Å². The number of unbranched alkanes of at least 4 members (excludes halogenated alkanes) is 3. The summed E-state index contributed by atoms with van der Waals surface area (Å²) in [6, 6.07) is 13.0. The van der Waals surface area contributed by atoms with Crippen LogP contribution >= 0.6 is 12.4 Å². The van der Waals surface area contributed by atoms with Gasteiger partial charge in [0.05, 0.1) is 26.4 Å². The minimum Gasteiger partial charge on any atom is -0.494 e. The van der Waals surface area contributed by atoms with Crippen LogP contribution in [0.25, 0.3) is 0 Å². The molecule has 2 atom stereocenters. The van der Waals surface area contributed by atoms with E-state index >= 15 is 0 Å². The molecule has 230 valence electrons. The van der Waals surface area contributed by atoms with Crippen LogP contribution in [0.15, 0.2) is 42.5 Å². The fourth-order valence-corrected chi connectivity index (χ4v) is 5.01. The van der Waals surface area contributed by atoms with Gasteiger partial charge in [0.25, 0.3) is 5.91 Å². The Morgan fingerprint density at radius 2 is 1.74 bits per heavy atom. The third-order valence-corrected chi connectivity index (χ3v) is 7.31. The number of carbonyl (C=O) groups excluding carboxylic acids is 3. The van der Waals surface area contributed by atoms with Gasteiger partial charge in [0.1, 0.15) is 11.8 Å². The van der Waals surface area contributed by atoms with Crippen LogP contribution in [0, 0.1) is 0 Å². The number of amides is 3. The lowest BCUT2D eigenvalue weighted by Crippen LogP contribution is -2.52. The molecule has 11 heteroatoms. The van der Waals surface area contributed by atoms with Crippen LogP contribution in [-0.2, 0) is 25.6 Å². The van der Waals surface area contributed by atoms with E-state index in [1.165, 1.54) is 0 Å². The summed E-state index contributed by atoms with van der Waals surface area (Å²) in [6.07, 6.45) is 4.84. The Labute approximate surface area is 254 Å². The van der Waals surface area contributed by atoms with Gasteiger partial charge in [-0.3, -0.25) is 19.7 Å². The zero-order valence-electron chi connectivity index (χ0n) is 24.3. The molecule has 2 aliphatic heterocycles. The maximum absolute atomic E-state index is 12.8. The fourth-order valence-electron chi connectivity index (χ4n) is 5.01. The quantitative estimate of drug-likeness (QED) is 0.183. The molecule has 10 nitrogen and oxygen atoms in total. The highest BCUT2D eigenvalue weighted by Crippen LogP contribution is 2.29. The summed E-state index contributed by atoms with van der Waals surface area (Å²) >= 11 is 0. The summed E-state index contributed by atoms with van der Waals surface area (Å²) < 4.78 is 17.2. The van der Waals surface area contributed by atoms with Gasteiger partial charge in [0, 0.05) is 43.4 Å². The van der Waals surface area contributed by atoms with E-state index in [1.807, 2.05) is 43.3 Å². The maximum atomic E-state index is 12.8. The number of halogens is 1. The molecule has 1 fully saturated rings. The van der Waals surface area contributed by atoms with Gasteiger partial charge in [-0.2, -0.15) is 0 Å². The number of hydrogen-bond acceptors (Lipinski definition) is 8. The minimum atomic E-state index is -0.603. The predicted molar refractivity (Wildman–Crippen MR) is 163 cm³/mol. The predicted octanol–water partition coefficient (Wildman–Crippen LogP) is 3.97. The molecular weight excluding hydrogens is 560 g/mol. The smallest absolute Gasteiger partial charge is 0.255 e. The van der Waals surface area contributed by atoms with Gasteiger partial charge in [0.15, 0.2) is 0 Å². The van der Waals surface area contributed by atoms with Crippen molar-refractivity contribution in [2.45, 2.75) is 64.1 Å². The highest BCUT2D eigenvalue weighted by molar-refractivity contribution is 6.05. The van der Waals surface area contributed by atoms with E-state index in [0.717, 1.165) is 54.9 Å². The molecule has 42 heavy (non-hydrogen) atoms. The number of benzene rings is 2. The highest BCUT2D eigenvalue weighted by atomic mass is 35.5. The first-order chi connectivity index (χ1) is 19.9. The zero-order chi connectivity index (χ0) is 29.0. The summed E-state index contributed by atoms with van der Waals surface area (Å²) in [5.41, 5.74) is 9.37. The number of imide groups is 1. The van der Waals surface area contributed by atoms with E-state index < -0.39 is 11.9 Å². The molecule has 4 rings (SSSR count). The van der Waals surface area contributed by atoms with E-state index in [-0.39, 0.29) is 36.7 Å². The van der Waals surface area contributed by atoms with Crippen LogP contribution in [0.4, 0.5) is 5.69 Å². The molecule has 2 heterocycles. The van der Waals surface area contributed by atoms with Gasteiger partial charge in [-0.25, -0.2) is 0 Å². The number of ether oxygens (including phenoxy) is 3. The van der Waals surface area contributed by atoms with E-state index in [1.54, 1.807) is 11.0 Å². The van der Waals surface area contributed by atoms with Crippen molar-refractivity contribution in [2.24, 2.45) is 5.73 Å². The maximum Gasteiger partial charge on any atom is 0.255 e. The van der Waals surface area contributed by atoms with Crippen molar-refractivity contribution in [3.63, 3.8) is 0 Å². The Balaban J connectivity index is 0.00000484. The van der Waals surface area contributed by atoms with Crippen molar-refractivity contribution < 1.29 is 28.6 Å². The van der Waals surface area contributed by atoms with Gasteiger partial charge in [0.2, 0.25) is 11.8 Å². The number of carbonyl (C=O) groups is 3. The van der Waals surface area contributed by atoms with Crippen molar-refractivity contribution in [3.8, 4) is 5.75 Å². The fraction of sp³-hybridized carbons (Fsp3) is 0.516. The van der Waals surface area contributed by atoms with Crippen LogP contribution in [0.1, 0.15) is 73.0 Å². The van der Waals surface area contributed by atoms with Crippen molar-refractivity contribution in [1.29, 1.82) is 0 Å². The Morgan fingerprint density at radius 1 is 0.976 bits per heavy atom. The largest absolute Gasteiger partial charge is 0.494 e. The van der Waals surface area contributed by atoms with Crippen molar-refractivity contribution in [2.75, 3.05) is 44.9 Å². The third kappa shape index (κ3) is 9.69. The number of nitrogens with two attached hydrogens (primary N) is 1. The van der Waals surface area contributed by atoms with Crippen LogP contribution in [-0.4, -0.2) is 68.2 Å². The van der Waals surface area contributed by atoms with Gasteiger partial charge in [-0.15, -0.1) is 12.4 Å². The average molecular weight is 603 g/mol. The normalized spacial score (nSPS) is 17.0. The lowest BCUT2D eigenvalue weighted by Gasteiger charge is -2.29. The highest BCUT2D eigenvalue weighted by Gasteiger charge is 2.39. The van der Waals surface area contributed by atoms with E-state index in [0.29, 0.717) is 51.5 Å². The Hall–Kier alpha value is -3.18. The zero-order valence-corrected chi connectivity index (χ0v) is 25.1. The number of nitrogens with zero attached hydrogens (tertiary/aromatic N) is 1. The lowest BCUT2D eigenvalue weighted by molar-refractivity contribution is -0.136. The summed E-state index contributed by atoms with van der Waals surface area (Å²) in [6.45, 7) is 6.02. The van der Waals surface area contributed by atoms with Crippen LogP contribution in [0.5, 0.6) is 5.75 Å². The number of hydrogen-bond donors (Lipinski definition) is 3. The third-order valence-electron chi connectivity index (χ3n) is 7.31. The summed E-state index contributed by atoms with van der Waals surface area (Å²) in [4.78, 5) is 38.0. The number of anilines is 1. The molecule has 0 aromatic heterocycles. The monoisotopic (exact) mass is 602 g/mol. The van der Waals surface area contributed by atoms with E-state index in [9.17, 15) is 14.4 Å². The number of piperidine rings is 1. The van der Waals surface area contributed by atoms with Gasteiger partial charge >= 0.3 is 0 Å². The molecule has 0 aliphatic carbocycles. The van der Waals surface area contributed by atoms with Gasteiger partial charge in [-0.05, 0) is 74.1 Å². The molecule has 2 unspecified atom stereocenters. The standard InChI is InChI=1S/C31H42N4O6.ClH/c1-22(32)23-7-6-8-26(20-23)41-15-5-3-2-4-14-39-17-18-40-16-13-33-25-9-10-27-24(19-25)21-35(31(27)38)28-11-12-29(36)34-30(28)37;/h6-10,19-20,22,28,33H,2-5,11-18,21,32H2,1H3,(H,34,36,37);1H. The summed E-state index contributed by atoms with van der Waals surface area (Å²) in [5.74, 6) is 0.0199. The summed E-state index contributed by atoms with van der Waals surface area (Å²) in [7, 11) is 0. The molecule has 2 aliphatic rings. The Bertz CT molecular complexity index is 1190. The van der Waals surface area contributed by atoms with Crippen LogP contribution in [0.2, 0.25) is 0 Å². The molecule has 0 radical (unpaired) electrons.